The number of rotatable bonds is 1. The van der Waals surface area contributed by atoms with Crippen LogP contribution in [-0.4, -0.2) is 59.8 Å². The van der Waals surface area contributed by atoms with Crippen molar-refractivity contribution in [1.82, 2.24) is 20.4 Å². The molecule has 1 atom stereocenters. The van der Waals surface area contributed by atoms with Crippen molar-refractivity contribution >= 4 is 17.8 Å². The molecule has 0 radical (unpaired) electrons. The van der Waals surface area contributed by atoms with Crippen LogP contribution in [0.25, 0.3) is 0 Å². The van der Waals surface area contributed by atoms with Gasteiger partial charge in [0.15, 0.2) is 0 Å². The smallest absolute Gasteiger partial charge is 0.345 e. The second-order valence-electron chi connectivity index (χ2n) is 9.03. The third kappa shape index (κ3) is 6.53. The maximum Gasteiger partial charge on any atom is 0.345 e. The number of hydrogen-bond acceptors (Lipinski definition) is 4. The lowest BCUT2D eigenvalue weighted by Crippen LogP contribution is -2.38. The van der Waals surface area contributed by atoms with E-state index >= 15 is 0 Å². The molecule has 0 saturated heterocycles. The van der Waals surface area contributed by atoms with Gasteiger partial charge in [0, 0.05) is 58.2 Å². The van der Waals surface area contributed by atoms with Crippen LogP contribution in [0.3, 0.4) is 0 Å². The average Bonchev–Trinajstić information content (AvgIpc) is 2.84. The van der Waals surface area contributed by atoms with Crippen molar-refractivity contribution in [2.24, 2.45) is 4.99 Å². The van der Waals surface area contributed by atoms with Gasteiger partial charge in [-0.1, -0.05) is 43.5 Å². The van der Waals surface area contributed by atoms with Gasteiger partial charge in [-0.15, -0.1) is 0 Å². The Morgan fingerprint density at radius 3 is 2.45 bits per heavy atom. The van der Waals surface area contributed by atoms with Crippen molar-refractivity contribution in [3.8, 4) is 0 Å². The number of fused-ring (bicyclic) bond motifs is 7. The van der Waals surface area contributed by atoms with Crippen molar-refractivity contribution < 1.29 is 9.59 Å². The van der Waals surface area contributed by atoms with E-state index < -0.39 is 0 Å². The molecular weight excluding hydrogens is 390 g/mol. The highest BCUT2D eigenvalue weighted by atomic mass is 16.2. The number of benzene rings is 1. The van der Waals surface area contributed by atoms with E-state index in [4.69, 9.17) is 0 Å². The second kappa shape index (κ2) is 10.8. The minimum atomic E-state index is -0.172. The van der Waals surface area contributed by atoms with E-state index in [-0.39, 0.29) is 11.9 Å². The summed E-state index contributed by atoms with van der Waals surface area (Å²) in [6, 6.07) is 8.74. The maximum atomic E-state index is 13.0. The van der Waals surface area contributed by atoms with Gasteiger partial charge < -0.3 is 15.5 Å². The number of carbonyl (C=O) groups is 2. The summed E-state index contributed by atoms with van der Waals surface area (Å²) >= 11 is 0. The number of aliphatic imine (C=N–C) groups is 1. The third-order valence-corrected chi connectivity index (χ3v) is 6.58. The van der Waals surface area contributed by atoms with Gasteiger partial charge in [-0.25, -0.2) is 4.79 Å². The van der Waals surface area contributed by atoms with Crippen LogP contribution < -0.4 is 10.6 Å². The molecule has 1 aromatic rings. The second-order valence-corrected chi connectivity index (χ2v) is 9.03. The fraction of sp³-hybridized carbons (Fsp3) is 0.625. The fourth-order valence-electron chi connectivity index (χ4n) is 4.67. The monoisotopic (exact) mass is 425 g/mol. The van der Waals surface area contributed by atoms with Crippen molar-refractivity contribution in [2.45, 2.75) is 70.5 Å². The van der Waals surface area contributed by atoms with Crippen LogP contribution in [0.4, 0.5) is 4.79 Å². The van der Waals surface area contributed by atoms with E-state index in [1.54, 1.807) is 0 Å². The Morgan fingerprint density at radius 1 is 0.871 bits per heavy atom. The first-order chi connectivity index (χ1) is 15.2. The Kier molecular flexibility index (Phi) is 7.57. The summed E-state index contributed by atoms with van der Waals surface area (Å²) in [5.74, 6) is 0.850. The number of nitrogens with zero attached hydrogens (tertiary/aromatic N) is 3. The molecule has 0 spiro atoms. The number of hydrogen-bond donors (Lipinski definition) is 2. The zero-order chi connectivity index (χ0) is 21.5. The molecule has 31 heavy (non-hydrogen) atoms. The lowest BCUT2D eigenvalue weighted by atomic mass is 9.95. The number of carbonyl (C=O) groups excluding carboxylic acids is 2. The summed E-state index contributed by atoms with van der Waals surface area (Å²) < 4.78 is 0. The van der Waals surface area contributed by atoms with Gasteiger partial charge in [-0.3, -0.25) is 9.69 Å². The predicted molar refractivity (Wildman–Crippen MR) is 122 cm³/mol. The summed E-state index contributed by atoms with van der Waals surface area (Å²) in [4.78, 5) is 33.9. The van der Waals surface area contributed by atoms with Gasteiger partial charge >= 0.3 is 6.03 Å². The molecule has 3 heterocycles. The Hall–Kier alpha value is -2.41. The molecule has 3 amide bonds. The van der Waals surface area contributed by atoms with Gasteiger partial charge in [-0.05, 0) is 30.4 Å². The molecule has 168 valence electrons. The normalized spacial score (nSPS) is 26.0. The summed E-state index contributed by atoms with van der Waals surface area (Å²) in [6.07, 6.45) is 7.93. The number of nitrogens with one attached hydrogen (secondary N) is 2. The van der Waals surface area contributed by atoms with Crippen LogP contribution in [-0.2, 0) is 17.9 Å². The molecule has 7 nitrogen and oxygen atoms in total. The van der Waals surface area contributed by atoms with Crippen molar-refractivity contribution in [3.63, 3.8) is 0 Å². The highest BCUT2D eigenvalue weighted by molar-refractivity contribution is 5.94. The molecule has 1 unspecified atom stereocenters. The quantitative estimate of drug-likeness (QED) is 0.725. The van der Waals surface area contributed by atoms with E-state index in [0.717, 1.165) is 50.3 Å². The first kappa shape index (κ1) is 21.8. The molecule has 1 aromatic carbocycles. The highest BCUT2D eigenvalue weighted by Crippen LogP contribution is 2.18. The van der Waals surface area contributed by atoms with Crippen molar-refractivity contribution in [1.29, 1.82) is 0 Å². The standard InChI is InChI=1S/C24H35N5O2/c30-23-7-4-13-29-16-15-28(18-20-10-8-19(9-11-20)17-25-23)14-12-22(27-24(29)31)26-21-5-2-1-3-6-21/h8-11,21H,1-7,12-18H2,(H,25,30)(H,26,27,31). The van der Waals surface area contributed by atoms with Crippen LogP contribution in [0.2, 0.25) is 0 Å². The third-order valence-electron chi connectivity index (χ3n) is 6.58. The largest absolute Gasteiger partial charge is 0.371 e. The lowest BCUT2D eigenvalue weighted by molar-refractivity contribution is -0.121. The van der Waals surface area contributed by atoms with Gasteiger partial charge in [-0.2, -0.15) is 4.99 Å². The minimum Gasteiger partial charge on any atom is -0.371 e. The van der Waals surface area contributed by atoms with Crippen LogP contribution in [0.15, 0.2) is 29.3 Å². The Bertz CT molecular complexity index is 786. The van der Waals surface area contributed by atoms with Crippen molar-refractivity contribution in [2.75, 3.05) is 26.2 Å². The van der Waals surface area contributed by atoms with Crippen LogP contribution in [0.1, 0.15) is 62.5 Å². The van der Waals surface area contributed by atoms with Gasteiger partial charge in [0.25, 0.3) is 0 Å². The topological polar surface area (TPSA) is 77.0 Å². The number of urea groups is 1. The van der Waals surface area contributed by atoms with Crippen LogP contribution in [0, 0.1) is 0 Å². The van der Waals surface area contributed by atoms with Crippen LogP contribution in [0.5, 0.6) is 0 Å². The minimum absolute atomic E-state index is 0.0282. The highest BCUT2D eigenvalue weighted by Gasteiger charge is 2.22. The fourth-order valence-corrected chi connectivity index (χ4v) is 4.67. The average molecular weight is 426 g/mol. The molecule has 2 N–H and O–H groups in total. The summed E-state index contributed by atoms with van der Waals surface area (Å²) in [6.45, 7) is 4.29. The summed E-state index contributed by atoms with van der Waals surface area (Å²) in [5.41, 5.74) is 2.36. The first-order valence-electron chi connectivity index (χ1n) is 11.9. The summed E-state index contributed by atoms with van der Waals surface area (Å²) in [7, 11) is 0. The molecule has 1 aliphatic carbocycles. The number of amidine groups is 1. The Labute approximate surface area is 185 Å². The molecule has 4 aliphatic rings. The van der Waals surface area contributed by atoms with Crippen LogP contribution >= 0.6 is 0 Å². The SMILES string of the molecule is O=C1CCCN2CCN(CC/C(NC3CCCCC3)=N\C2=O)Cc2ccc(cc2)CN1. The lowest BCUT2D eigenvalue weighted by Gasteiger charge is -2.26. The number of amides is 3. The predicted octanol–water partition coefficient (Wildman–Crippen LogP) is 3.05. The Balaban J connectivity index is 1.53. The van der Waals surface area contributed by atoms with Crippen molar-refractivity contribution in [3.05, 3.63) is 35.4 Å². The van der Waals surface area contributed by atoms with Gasteiger partial charge in [0.05, 0.1) is 0 Å². The van der Waals surface area contributed by atoms with Gasteiger partial charge in [0.2, 0.25) is 5.91 Å². The van der Waals surface area contributed by atoms with Gasteiger partial charge in [0.1, 0.15) is 5.84 Å². The molecular formula is C24H35N5O2. The molecule has 0 aromatic heterocycles. The molecule has 3 aliphatic heterocycles. The maximum absolute atomic E-state index is 13.0. The molecule has 7 heteroatoms. The zero-order valence-electron chi connectivity index (χ0n) is 18.4. The van der Waals surface area contributed by atoms with E-state index in [1.807, 2.05) is 4.90 Å². The molecule has 1 fully saturated rings. The Morgan fingerprint density at radius 2 is 1.65 bits per heavy atom. The summed E-state index contributed by atoms with van der Waals surface area (Å²) in [5, 5.41) is 6.57. The molecule has 5 rings (SSSR count). The van der Waals surface area contributed by atoms with E-state index in [1.165, 1.54) is 24.8 Å². The van der Waals surface area contributed by atoms with E-state index in [2.05, 4.69) is 44.8 Å². The van der Waals surface area contributed by atoms with E-state index in [0.29, 0.717) is 38.5 Å². The molecule has 1 saturated carbocycles. The van der Waals surface area contributed by atoms with E-state index in [9.17, 15) is 9.59 Å². The zero-order valence-corrected chi connectivity index (χ0v) is 18.4. The first-order valence-corrected chi connectivity index (χ1v) is 11.9. The molecule has 4 bridgehead atoms.